The van der Waals surface area contributed by atoms with Gasteiger partial charge in [0.05, 0.1) is 12.1 Å². The van der Waals surface area contributed by atoms with Crippen LogP contribution in [0.1, 0.15) is 43.0 Å². The Morgan fingerprint density at radius 2 is 1.77 bits per heavy atom. The molecule has 4 rings (SSSR count). The Kier molecular flexibility index (Phi) is 5.84. The van der Waals surface area contributed by atoms with Crippen molar-refractivity contribution in [3.63, 3.8) is 0 Å². The van der Waals surface area contributed by atoms with Crippen molar-refractivity contribution in [1.82, 2.24) is 20.0 Å². The number of fused-ring (bicyclic) bond motifs is 1. The Balaban J connectivity index is 1.39. The normalized spacial score (nSPS) is 24.1. The Bertz CT molecular complexity index is 904. The predicted octanol–water partition coefficient (Wildman–Crippen LogP) is 0.598. The number of rotatable bonds is 2. The second-order valence-corrected chi connectivity index (χ2v) is 8.35. The maximum atomic E-state index is 12.9. The lowest BCUT2D eigenvalue weighted by Crippen LogP contribution is -2.56. The quantitative estimate of drug-likeness (QED) is 0.744. The summed E-state index contributed by atoms with van der Waals surface area (Å²) in [4.78, 5) is 54.8. The molecule has 0 radical (unpaired) electrons. The molecule has 0 bridgehead atoms. The number of ether oxygens (including phenoxy) is 1. The molecule has 1 aromatic rings. The van der Waals surface area contributed by atoms with Crippen LogP contribution in [0.25, 0.3) is 0 Å². The van der Waals surface area contributed by atoms with E-state index in [0.29, 0.717) is 56.9 Å². The molecule has 1 atom stereocenters. The van der Waals surface area contributed by atoms with Crippen LogP contribution >= 0.6 is 0 Å². The third-order valence-electron chi connectivity index (χ3n) is 6.28. The van der Waals surface area contributed by atoms with Crippen molar-refractivity contribution in [3.05, 3.63) is 29.8 Å². The third-order valence-corrected chi connectivity index (χ3v) is 6.28. The van der Waals surface area contributed by atoms with E-state index in [1.54, 1.807) is 32.9 Å². The summed E-state index contributed by atoms with van der Waals surface area (Å²) < 4.78 is 6.14. The molecule has 3 aliphatic heterocycles. The van der Waals surface area contributed by atoms with Gasteiger partial charge in [-0.1, -0.05) is 12.1 Å². The van der Waals surface area contributed by atoms with Crippen LogP contribution in [0.4, 0.5) is 0 Å². The van der Waals surface area contributed by atoms with Crippen LogP contribution in [0, 0.1) is 0 Å². The minimum Gasteiger partial charge on any atom is -0.467 e. The van der Waals surface area contributed by atoms with Gasteiger partial charge in [-0.05, 0) is 18.6 Å². The first-order chi connectivity index (χ1) is 14.9. The molecule has 0 aliphatic carbocycles. The van der Waals surface area contributed by atoms with E-state index in [-0.39, 0.29) is 36.6 Å². The van der Waals surface area contributed by atoms with Gasteiger partial charge in [0.1, 0.15) is 5.75 Å². The topological polar surface area (TPSA) is 99.3 Å². The van der Waals surface area contributed by atoms with Gasteiger partial charge in [0, 0.05) is 58.9 Å². The molecule has 1 unspecified atom stereocenters. The number of hydrogen-bond acceptors (Lipinski definition) is 5. The highest BCUT2D eigenvalue weighted by Crippen LogP contribution is 2.33. The van der Waals surface area contributed by atoms with Crippen LogP contribution in [0.5, 0.6) is 5.75 Å². The van der Waals surface area contributed by atoms with E-state index in [0.717, 1.165) is 6.42 Å². The zero-order chi connectivity index (χ0) is 22.0. The maximum Gasteiger partial charge on any atom is 0.258 e. The Morgan fingerprint density at radius 3 is 2.58 bits per heavy atom. The van der Waals surface area contributed by atoms with Crippen molar-refractivity contribution in [2.45, 2.75) is 38.3 Å². The highest BCUT2D eigenvalue weighted by Gasteiger charge is 2.42. The number of carbonyl (C=O) groups excluding carboxylic acids is 4. The van der Waals surface area contributed by atoms with Crippen LogP contribution in [0.3, 0.4) is 0 Å². The van der Waals surface area contributed by atoms with Crippen LogP contribution in [-0.4, -0.2) is 83.3 Å². The summed E-state index contributed by atoms with van der Waals surface area (Å²) >= 11 is 0. The highest BCUT2D eigenvalue weighted by molar-refractivity contribution is 5.98. The molecule has 0 aromatic heterocycles. The average molecular weight is 428 g/mol. The standard InChI is InChI=1S/C22H28N4O5/c1-16(27)24-10-4-11-25(14-13-24)20(29)15-26-12-9-22(8-7-19(26)28)23-21(30)17-5-2-3-6-18(17)31-22/h2-3,5-6H,4,7-15H2,1H3,(H,23,30). The lowest BCUT2D eigenvalue weighted by molar-refractivity contribution is -0.140. The number of nitrogens with zero attached hydrogens (tertiary/aromatic N) is 3. The van der Waals surface area contributed by atoms with Gasteiger partial charge in [-0.2, -0.15) is 0 Å². The number of likely N-dealkylation sites (tertiary alicyclic amines) is 1. The lowest BCUT2D eigenvalue weighted by Gasteiger charge is -2.38. The molecule has 2 fully saturated rings. The van der Waals surface area contributed by atoms with Crippen molar-refractivity contribution in [2.75, 3.05) is 39.3 Å². The van der Waals surface area contributed by atoms with Gasteiger partial charge in [-0.3, -0.25) is 19.2 Å². The van der Waals surface area contributed by atoms with Crippen LogP contribution in [0.2, 0.25) is 0 Å². The second kappa shape index (κ2) is 8.56. The first-order valence-corrected chi connectivity index (χ1v) is 10.8. The van der Waals surface area contributed by atoms with E-state index in [2.05, 4.69) is 5.32 Å². The molecule has 9 heteroatoms. The van der Waals surface area contributed by atoms with Crippen LogP contribution in [-0.2, 0) is 14.4 Å². The molecule has 2 saturated heterocycles. The molecule has 9 nitrogen and oxygen atoms in total. The summed E-state index contributed by atoms with van der Waals surface area (Å²) in [7, 11) is 0. The van der Waals surface area contributed by atoms with Gasteiger partial charge in [0.2, 0.25) is 17.7 Å². The first kappa shape index (κ1) is 21.1. The second-order valence-electron chi connectivity index (χ2n) is 8.35. The molecule has 31 heavy (non-hydrogen) atoms. The fraction of sp³-hybridized carbons (Fsp3) is 0.545. The summed E-state index contributed by atoms with van der Waals surface area (Å²) in [5.41, 5.74) is -0.458. The minimum absolute atomic E-state index is 0.000478. The maximum absolute atomic E-state index is 12.9. The largest absolute Gasteiger partial charge is 0.467 e. The summed E-state index contributed by atoms with van der Waals surface area (Å²) in [6.07, 6.45) is 1.67. The molecule has 3 aliphatic rings. The fourth-order valence-corrected chi connectivity index (χ4v) is 4.43. The van der Waals surface area contributed by atoms with Crippen molar-refractivity contribution in [2.24, 2.45) is 0 Å². The molecule has 4 amide bonds. The zero-order valence-electron chi connectivity index (χ0n) is 17.8. The molecular formula is C22H28N4O5. The summed E-state index contributed by atoms with van der Waals surface area (Å²) in [6.45, 7) is 4.05. The monoisotopic (exact) mass is 428 g/mol. The molecule has 166 valence electrons. The highest BCUT2D eigenvalue weighted by atomic mass is 16.5. The zero-order valence-corrected chi connectivity index (χ0v) is 17.8. The molecule has 1 spiro atoms. The van der Waals surface area contributed by atoms with Crippen LogP contribution < -0.4 is 10.1 Å². The SMILES string of the molecule is CC(=O)N1CCCN(C(=O)CN2CCC3(CCC2=O)NC(=O)c2ccccc2O3)CC1. The van der Waals surface area contributed by atoms with E-state index in [1.807, 2.05) is 6.07 Å². The first-order valence-electron chi connectivity index (χ1n) is 10.8. The van der Waals surface area contributed by atoms with Crippen molar-refractivity contribution >= 4 is 23.6 Å². The molecule has 3 heterocycles. The number of carbonyl (C=O) groups is 4. The van der Waals surface area contributed by atoms with Gasteiger partial charge >= 0.3 is 0 Å². The van der Waals surface area contributed by atoms with E-state index >= 15 is 0 Å². The molecule has 0 saturated carbocycles. The molecule has 1 N–H and O–H groups in total. The van der Waals surface area contributed by atoms with Gasteiger partial charge in [0.15, 0.2) is 5.72 Å². The van der Waals surface area contributed by atoms with Crippen molar-refractivity contribution in [1.29, 1.82) is 0 Å². The summed E-state index contributed by atoms with van der Waals surface area (Å²) in [5.74, 6) is 0.0791. The van der Waals surface area contributed by atoms with E-state index in [4.69, 9.17) is 4.74 Å². The van der Waals surface area contributed by atoms with Crippen molar-refractivity contribution < 1.29 is 23.9 Å². The van der Waals surface area contributed by atoms with Gasteiger partial charge < -0.3 is 24.8 Å². The van der Waals surface area contributed by atoms with Gasteiger partial charge in [0.25, 0.3) is 5.91 Å². The Hall–Kier alpha value is -3.10. The fourth-order valence-electron chi connectivity index (χ4n) is 4.43. The Morgan fingerprint density at radius 1 is 1.03 bits per heavy atom. The van der Waals surface area contributed by atoms with Crippen molar-refractivity contribution in [3.8, 4) is 5.75 Å². The molecular weight excluding hydrogens is 400 g/mol. The van der Waals surface area contributed by atoms with Gasteiger partial charge in [-0.25, -0.2) is 0 Å². The third kappa shape index (κ3) is 4.50. The summed E-state index contributed by atoms with van der Waals surface area (Å²) in [6, 6.07) is 7.06. The van der Waals surface area contributed by atoms with E-state index in [1.165, 1.54) is 6.92 Å². The number of nitrogens with one attached hydrogen (secondary N) is 1. The van der Waals surface area contributed by atoms with E-state index < -0.39 is 5.72 Å². The smallest absolute Gasteiger partial charge is 0.258 e. The lowest BCUT2D eigenvalue weighted by atomic mass is 10.0. The number of benzene rings is 1. The minimum atomic E-state index is -0.941. The number of para-hydroxylation sites is 1. The number of hydrogen-bond donors (Lipinski definition) is 1. The predicted molar refractivity (Wildman–Crippen MR) is 111 cm³/mol. The summed E-state index contributed by atoms with van der Waals surface area (Å²) in [5, 5.41) is 2.94. The average Bonchev–Trinajstić information content (AvgIpc) is 3.08. The van der Waals surface area contributed by atoms with Gasteiger partial charge in [-0.15, -0.1) is 0 Å². The van der Waals surface area contributed by atoms with E-state index in [9.17, 15) is 19.2 Å². The number of amides is 4. The molecule has 1 aromatic carbocycles. The Labute approximate surface area is 181 Å². The van der Waals surface area contributed by atoms with Crippen LogP contribution in [0.15, 0.2) is 24.3 Å².